The second-order valence-electron chi connectivity index (χ2n) is 5.59. The molecule has 1 saturated carbocycles. The molecule has 0 unspecified atom stereocenters. The van der Waals surface area contributed by atoms with Gasteiger partial charge in [-0.2, -0.15) is 4.98 Å². The zero-order valence-corrected chi connectivity index (χ0v) is 12.8. The number of rotatable bonds is 4. The van der Waals surface area contributed by atoms with Gasteiger partial charge in [0.1, 0.15) is 11.3 Å². The molecule has 0 aliphatic heterocycles. The first-order valence-electron chi connectivity index (χ1n) is 7.38. The molecule has 2 heterocycles. The van der Waals surface area contributed by atoms with E-state index in [0.29, 0.717) is 11.3 Å². The maximum atomic E-state index is 11.9. The number of amides is 1. The summed E-state index contributed by atoms with van der Waals surface area (Å²) in [6, 6.07) is 5.77. The molecule has 1 aliphatic rings. The van der Waals surface area contributed by atoms with Gasteiger partial charge < -0.3 is 19.0 Å². The lowest BCUT2D eigenvalue weighted by molar-refractivity contribution is 0.0907. The van der Waals surface area contributed by atoms with Crippen LogP contribution in [0.15, 0.2) is 27.1 Å². The second kappa shape index (κ2) is 5.12. The highest BCUT2D eigenvalue weighted by molar-refractivity contribution is 5.91. The Bertz CT molecular complexity index is 892. The lowest BCUT2D eigenvalue weighted by atomic mass is 10.1. The van der Waals surface area contributed by atoms with E-state index in [1.165, 1.54) is 0 Å². The molecule has 0 saturated heterocycles. The molecule has 7 nitrogen and oxygen atoms in total. The summed E-state index contributed by atoms with van der Waals surface area (Å²) in [4.78, 5) is 16.1. The van der Waals surface area contributed by atoms with Gasteiger partial charge >= 0.3 is 11.8 Å². The number of methoxy groups -OCH3 is 1. The van der Waals surface area contributed by atoms with Crippen molar-refractivity contribution >= 4 is 16.9 Å². The van der Waals surface area contributed by atoms with E-state index < -0.39 is 0 Å². The number of carbonyl (C=O) groups excluding carboxylic acids is 1. The first-order valence-corrected chi connectivity index (χ1v) is 7.38. The second-order valence-corrected chi connectivity index (χ2v) is 5.59. The highest BCUT2D eigenvalue weighted by Gasteiger charge is 2.27. The molecule has 1 N–H and O–H groups in total. The van der Waals surface area contributed by atoms with Crippen LogP contribution in [0.1, 0.15) is 29.1 Å². The maximum Gasteiger partial charge on any atom is 0.316 e. The minimum absolute atomic E-state index is 0.0515. The normalized spacial score (nSPS) is 14.2. The van der Waals surface area contributed by atoms with Gasteiger partial charge in [0.05, 0.1) is 7.11 Å². The standard InChI is InChI=1S/C16H15N3O4/c1-8-11-7-10(21-2)5-6-12(11)22-13(8)14-18-16(23-19-14)15(20)17-9-3-4-9/h5-7,9H,3-4H2,1-2H3,(H,17,20). The van der Waals surface area contributed by atoms with Crippen LogP contribution >= 0.6 is 0 Å². The van der Waals surface area contributed by atoms with Crippen molar-refractivity contribution < 1.29 is 18.5 Å². The maximum absolute atomic E-state index is 11.9. The van der Waals surface area contributed by atoms with E-state index in [4.69, 9.17) is 13.7 Å². The quantitative estimate of drug-likeness (QED) is 0.796. The number of ether oxygens (including phenoxy) is 1. The molecule has 4 rings (SSSR count). The number of hydrogen-bond acceptors (Lipinski definition) is 6. The highest BCUT2D eigenvalue weighted by Crippen LogP contribution is 2.33. The van der Waals surface area contributed by atoms with Crippen molar-refractivity contribution in [3.05, 3.63) is 29.7 Å². The van der Waals surface area contributed by atoms with Gasteiger partial charge in [-0.15, -0.1) is 0 Å². The monoisotopic (exact) mass is 313 g/mol. The minimum atomic E-state index is -0.346. The Morgan fingerprint density at radius 2 is 2.22 bits per heavy atom. The first-order chi connectivity index (χ1) is 11.2. The molecule has 1 aromatic carbocycles. The Kier molecular flexibility index (Phi) is 3.07. The lowest BCUT2D eigenvalue weighted by Crippen LogP contribution is -2.25. The van der Waals surface area contributed by atoms with Crippen LogP contribution < -0.4 is 10.1 Å². The zero-order valence-electron chi connectivity index (χ0n) is 12.8. The molecule has 0 bridgehead atoms. The summed E-state index contributed by atoms with van der Waals surface area (Å²) in [6.07, 6.45) is 1.99. The number of hydrogen-bond donors (Lipinski definition) is 1. The Labute approximate surface area is 131 Å². The van der Waals surface area contributed by atoms with Crippen molar-refractivity contribution in [2.24, 2.45) is 0 Å². The van der Waals surface area contributed by atoms with E-state index in [9.17, 15) is 4.79 Å². The van der Waals surface area contributed by atoms with Gasteiger partial charge in [-0.25, -0.2) is 0 Å². The zero-order chi connectivity index (χ0) is 16.0. The van der Waals surface area contributed by atoms with Gasteiger partial charge in [0.2, 0.25) is 5.82 Å². The summed E-state index contributed by atoms with van der Waals surface area (Å²) in [6.45, 7) is 1.90. The summed E-state index contributed by atoms with van der Waals surface area (Å²) >= 11 is 0. The van der Waals surface area contributed by atoms with Crippen molar-refractivity contribution in [3.63, 3.8) is 0 Å². The number of aryl methyl sites for hydroxylation is 1. The molecule has 0 atom stereocenters. The van der Waals surface area contributed by atoms with Gasteiger partial charge in [0, 0.05) is 17.0 Å². The largest absolute Gasteiger partial charge is 0.497 e. The van der Waals surface area contributed by atoms with Crippen LogP contribution in [0.25, 0.3) is 22.6 Å². The summed E-state index contributed by atoms with van der Waals surface area (Å²) < 4.78 is 16.1. The molecule has 3 aromatic rings. The van der Waals surface area contributed by atoms with Gasteiger partial charge in [-0.05, 0) is 38.0 Å². The summed E-state index contributed by atoms with van der Waals surface area (Å²) in [5.74, 6) is 1.10. The Balaban J connectivity index is 1.69. The third-order valence-electron chi connectivity index (χ3n) is 3.88. The van der Waals surface area contributed by atoms with E-state index in [1.54, 1.807) is 7.11 Å². The predicted molar refractivity (Wildman–Crippen MR) is 81.3 cm³/mol. The molecule has 2 aromatic heterocycles. The van der Waals surface area contributed by atoms with Gasteiger partial charge in [-0.3, -0.25) is 4.79 Å². The van der Waals surface area contributed by atoms with Gasteiger partial charge in [0.15, 0.2) is 5.76 Å². The van der Waals surface area contributed by atoms with E-state index in [-0.39, 0.29) is 23.7 Å². The molecular formula is C16H15N3O4. The fraction of sp³-hybridized carbons (Fsp3) is 0.312. The molecule has 1 amide bonds. The van der Waals surface area contributed by atoms with Crippen molar-refractivity contribution in [1.29, 1.82) is 0 Å². The van der Waals surface area contributed by atoms with Crippen LogP contribution in [0.3, 0.4) is 0 Å². The van der Waals surface area contributed by atoms with Gasteiger partial charge in [-0.1, -0.05) is 5.16 Å². The minimum Gasteiger partial charge on any atom is -0.497 e. The number of furan rings is 1. The fourth-order valence-electron chi connectivity index (χ4n) is 2.42. The molecule has 1 fully saturated rings. The first kappa shape index (κ1) is 13.8. The molecule has 0 spiro atoms. The number of aromatic nitrogens is 2. The molecule has 7 heteroatoms. The Morgan fingerprint density at radius 3 is 2.96 bits per heavy atom. The SMILES string of the molecule is COc1ccc2oc(-c3noc(C(=O)NC4CC4)n3)c(C)c2c1. The molecule has 118 valence electrons. The third kappa shape index (κ3) is 2.44. The van der Waals surface area contributed by atoms with Crippen LogP contribution in [0.2, 0.25) is 0 Å². The van der Waals surface area contributed by atoms with Crippen molar-refractivity contribution in [2.75, 3.05) is 7.11 Å². The van der Waals surface area contributed by atoms with E-state index in [1.807, 2.05) is 25.1 Å². The van der Waals surface area contributed by atoms with Crippen LogP contribution in [0.4, 0.5) is 0 Å². The van der Waals surface area contributed by atoms with E-state index in [2.05, 4.69) is 15.5 Å². The van der Waals surface area contributed by atoms with Gasteiger partial charge in [0.25, 0.3) is 0 Å². The number of fused-ring (bicyclic) bond motifs is 1. The Hall–Kier alpha value is -2.83. The number of carbonyl (C=O) groups is 1. The third-order valence-corrected chi connectivity index (χ3v) is 3.88. The fourth-order valence-corrected chi connectivity index (χ4v) is 2.42. The van der Waals surface area contributed by atoms with Crippen LogP contribution in [0, 0.1) is 6.92 Å². The summed E-state index contributed by atoms with van der Waals surface area (Å²) in [5.41, 5.74) is 1.57. The topological polar surface area (TPSA) is 90.4 Å². The predicted octanol–water partition coefficient (Wildman–Crippen LogP) is 2.69. The van der Waals surface area contributed by atoms with Crippen LogP contribution in [-0.2, 0) is 0 Å². The van der Waals surface area contributed by atoms with E-state index >= 15 is 0 Å². The van der Waals surface area contributed by atoms with Crippen molar-refractivity contribution in [2.45, 2.75) is 25.8 Å². The van der Waals surface area contributed by atoms with Crippen LogP contribution in [-0.4, -0.2) is 29.2 Å². The smallest absolute Gasteiger partial charge is 0.316 e. The molecule has 1 aliphatic carbocycles. The summed E-state index contributed by atoms with van der Waals surface area (Å²) in [5, 5.41) is 7.58. The van der Waals surface area contributed by atoms with Crippen LogP contribution in [0.5, 0.6) is 5.75 Å². The number of nitrogens with zero attached hydrogens (tertiary/aromatic N) is 2. The van der Waals surface area contributed by atoms with Crippen molar-refractivity contribution in [3.8, 4) is 17.3 Å². The highest BCUT2D eigenvalue weighted by atomic mass is 16.5. The number of nitrogens with one attached hydrogen (secondary N) is 1. The molecule has 23 heavy (non-hydrogen) atoms. The summed E-state index contributed by atoms with van der Waals surface area (Å²) in [7, 11) is 1.61. The average Bonchev–Trinajstić information content (AvgIpc) is 3.12. The number of benzene rings is 1. The Morgan fingerprint density at radius 1 is 1.39 bits per heavy atom. The van der Waals surface area contributed by atoms with E-state index in [0.717, 1.165) is 29.5 Å². The molecule has 0 radical (unpaired) electrons. The van der Waals surface area contributed by atoms with Crippen molar-refractivity contribution in [1.82, 2.24) is 15.5 Å². The average molecular weight is 313 g/mol. The molecular weight excluding hydrogens is 298 g/mol. The lowest BCUT2D eigenvalue weighted by Gasteiger charge is -1.97.